The third kappa shape index (κ3) is 3.36. The molecule has 0 aliphatic rings. The Labute approximate surface area is 90.0 Å². The number of hydrogen-bond donors (Lipinski definition) is 0. The third-order valence-electron chi connectivity index (χ3n) is 1.32. The zero-order chi connectivity index (χ0) is 9.84. The van der Waals surface area contributed by atoms with Gasteiger partial charge in [-0.2, -0.15) is 0 Å². The molecular formula is C9H8BrClO2. The normalized spacial score (nSPS) is 9.77. The Morgan fingerprint density at radius 3 is 2.85 bits per heavy atom. The van der Waals surface area contributed by atoms with Gasteiger partial charge >= 0.3 is 0 Å². The van der Waals surface area contributed by atoms with Crippen molar-refractivity contribution in [1.82, 2.24) is 0 Å². The van der Waals surface area contributed by atoms with Gasteiger partial charge in [-0.1, -0.05) is 11.6 Å². The Morgan fingerprint density at radius 1 is 1.62 bits per heavy atom. The maximum Gasteiger partial charge on any atom is 0.167 e. The summed E-state index contributed by atoms with van der Waals surface area (Å²) < 4.78 is 5.95. The van der Waals surface area contributed by atoms with E-state index in [4.69, 9.17) is 16.3 Å². The van der Waals surface area contributed by atoms with Gasteiger partial charge in [0.15, 0.2) is 5.78 Å². The molecule has 4 heteroatoms. The van der Waals surface area contributed by atoms with Gasteiger partial charge in [-0.05, 0) is 41.1 Å². The molecule has 70 valence electrons. The van der Waals surface area contributed by atoms with E-state index in [-0.39, 0.29) is 12.4 Å². The Hall–Kier alpha value is -0.540. The lowest BCUT2D eigenvalue weighted by Gasteiger charge is -2.05. The van der Waals surface area contributed by atoms with Gasteiger partial charge < -0.3 is 4.74 Å². The number of carbonyl (C=O) groups is 1. The summed E-state index contributed by atoms with van der Waals surface area (Å²) in [5, 5.41) is 0.627. The lowest BCUT2D eigenvalue weighted by Crippen LogP contribution is -2.06. The van der Waals surface area contributed by atoms with Crippen LogP contribution in [0.4, 0.5) is 0 Å². The summed E-state index contributed by atoms with van der Waals surface area (Å²) in [6.45, 7) is 1.56. The fraction of sp³-hybridized carbons (Fsp3) is 0.222. The van der Waals surface area contributed by atoms with Gasteiger partial charge in [0.1, 0.15) is 12.4 Å². The van der Waals surface area contributed by atoms with Crippen molar-refractivity contribution >= 4 is 33.3 Å². The van der Waals surface area contributed by atoms with Gasteiger partial charge in [0.2, 0.25) is 0 Å². The second kappa shape index (κ2) is 4.63. The molecule has 0 radical (unpaired) electrons. The summed E-state index contributed by atoms with van der Waals surface area (Å²) in [4.78, 5) is 10.6. The molecule has 0 spiro atoms. The number of ether oxygens (including phenoxy) is 1. The Bertz CT molecular complexity index is 325. The average molecular weight is 264 g/mol. The summed E-state index contributed by atoms with van der Waals surface area (Å²) >= 11 is 9.00. The van der Waals surface area contributed by atoms with E-state index in [1.807, 2.05) is 0 Å². The van der Waals surface area contributed by atoms with Crippen molar-refractivity contribution < 1.29 is 9.53 Å². The van der Waals surface area contributed by atoms with Crippen molar-refractivity contribution in [3.63, 3.8) is 0 Å². The maximum absolute atomic E-state index is 10.6. The molecule has 0 fully saturated rings. The first-order valence-electron chi connectivity index (χ1n) is 3.67. The Balaban J connectivity index is 2.72. The molecular weight excluding hydrogens is 255 g/mol. The molecule has 0 saturated carbocycles. The molecule has 0 amide bonds. The molecule has 2 nitrogen and oxygen atoms in total. The average Bonchev–Trinajstić information content (AvgIpc) is 2.02. The molecule has 0 aliphatic carbocycles. The first kappa shape index (κ1) is 10.5. The molecule has 0 unspecified atom stereocenters. The Morgan fingerprint density at radius 2 is 2.31 bits per heavy atom. The quantitative estimate of drug-likeness (QED) is 0.838. The van der Waals surface area contributed by atoms with E-state index in [1.54, 1.807) is 18.2 Å². The van der Waals surface area contributed by atoms with Crippen molar-refractivity contribution in [2.45, 2.75) is 6.92 Å². The second-order valence-electron chi connectivity index (χ2n) is 2.57. The molecule has 1 aromatic rings. The monoisotopic (exact) mass is 262 g/mol. The molecule has 0 aromatic heterocycles. The minimum Gasteiger partial charge on any atom is -0.485 e. The van der Waals surface area contributed by atoms with Crippen LogP contribution in [0.3, 0.4) is 0 Å². The summed E-state index contributed by atoms with van der Waals surface area (Å²) in [5.41, 5.74) is 0. The van der Waals surface area contributed by atoms with E-state index in [0.717, 1.165) is 4.47 Å². The molecule has 1 aromatic carbocycles. The molecule has 1 rings (SSSR count). The molecule has 0 bridgehead atoms. The number of ketones is 1. The summed E-state index contributed by atoms with van der Waals surface area (Å²) in [7, 11) is 0. The third-order valence-corrected chi connectivity index (χ3v) is 2.18. The van der Waals surface area contributed by atoms with Crippen LogP contribution in [0, 0.1) is 0 Å². The van der Waals surface area contributed by atoms with Crippen LogP contribution in [0.5, 0.6) is 5.75 Å². The summed E-state index contributed by atoms with van der Waals surface area (Å²) in [5.74, 6) is 0.612. The number of Topliss-reactive ketones (excluding diaryl/α,β-unsaturated/α-hetero) is 1. The van der Waals surface area contributed by atoms with Crippen LogP contribution in [0.1, 0.15) is 6.92 Å². The standard InChI is InChI=1S/C9H8BrClO2/c1-6(12)5-13-9-3-2-7(11)4-8(9)10/h2-4H,5H2,1H3. The molecule has 0 saturated heterocycles. The predicted molar refractivity (Wildman–Crippen MR) is 55.3 cm³/mol. The van der Waals surface area contributed by atoms with Crippen LogP contribution in [0.15, 0.2) is 22.7 Å². The molecule has 0 heterocycles. The highest BCUT2D eigenvalue weighted by Crippen LogP contribution is 2.27. The van der Waals surface area contributed by atoms with Crippen LogP contribution in [-0.2, 0) is 4.79 Å². The number of carbonyl (C=O) groups excluding carboxylic acids is 1. The van der Waals surface area contributed by atoms with Crippen molar-refractivity contribution in [2.75, 3.05) is 6.61 Å². The minimum absolute atomic E-state index is 0.0122. The zero-order valence-electron chi connectivity index (χ0n) is 7.01. The van der Waals surface area contributed by atoms with Crippen LogP contribution < -0.4 is 4.74 Å². The molecule has 0 N–H and O–H groups in total. The number of benzene rings is 1. The SMILES string of the molecule is CC(=O)COc1ccc(Cl)cc1Br. The fourth-order valence-corrected chi connectivity index (χ4v) is 1.57. The first-order valence-corrected chi connectivity index (χ1v) is 4.84. The van der Waals surface area contributed by atoms with Crippen LogP contribution >= 0.6 is 27.5 Å². The smallest absolute Gasteiger partial charge is 0.167 e. The fourth-order valence-electron chi connectivity index (χ4n) is 0.772. The first-order chi connectivity index (χ1) is 6.09. The van der Waals surface area contributed by atoms with Crippen molar-refractivity contribution in [2.24, 2.45) is 0 Å². The van der Waals surface area contributed by atoms with Gasteiger partial charge in [-0.15, -0.1) is 0 Å². The Kier molecular flexibility index (Phi) is 3.75. The van der Waals surface area contributed by atoms with Gasteiger partial charge in [0.25, 0.3) is 0 Å². The van der Waals surface area contributed by atoms with Gasteiger partial charge in [0, 0.05) is 5.02 Å². The highest BCUT2D eigenvalue weighted by atomic mass is 79.9. The maximum atomic E-state index is 10.6. The van der Waals surface area contributed by atoms with Crippen molar-refractivity contribution in [3.05, 3.63) is 27.7 Å². The molecule has 0 atom stereocenters. The van der Waals surface area contributed by atoms with Crippen LogP contribution in [0.2, 0.25) is 5.02 Å². The van der Waals surface area contributed by atoms with Gasteiger partial charge in [-0.25, -0.2) is 0 Å². The summed E-state index contributed by atoms with van der Waals surface area (Å²) in [6, 6.07) is 5.15. The highest BCUT2D eigenvalue weighted by molar-refractivity contribution is 9.10. The zero-order valence-corrected chi connectivity index (χ0v) is 9.35. The van der Waals surface area contributed by atoms with Gasteiger partial charge in [0.05, 0.1) is 4.47 Å². The second-order valence-corrected chi connectivity index (χ2v) is 3.86. The summed E-state index contributed by atoms with van der Waals surface area (Å²) in [6.07, 6.45) is 0. The van der Waals surface area contributed by atoms with E-state index in [2.05, 4.69) is 15.9 Å². The number of hydrogen-bond acceptors (Lipinski definition) is 2. The highest BCUT2D eigenvalue weighted by Gasteiger charge is 2.02. The topological polar surface area (TPSA) is 26.3 Å². The largest absolute Gasteiger partial charge is 0.485 e. The molecule has 13 heavy (non-hydrogen) atoms. The number of halogens is 2. The van der Waals surface area contributed by atoms with E-state index in [9.17, 15) is 4.79 Å². The minimum atomic E-state index is -0.0122. The van der Waals surface area contributed by atoms with Gasteiger partial charge in [-0.3, -0.25) is 4.79 Å². The van der Waals surface area contributed by atoms with E-state index < -0.39 is 0 Å². The number of rotatable bonds is 3. The molecule has 0 aliphatic heterocycles. The van der Waals surface area contributed by atoms with E-state index >= 15 is 0 Å². The lowest BCUT2D eigenvalue weighted by atomic mass is 10.3. The lowest BCUT2D eigenvalue weighted by molar-refractivity contribution is -0.118. The van der Waals surface area contributed by atoms with Crippen molar-refractivity contribution in [1.29, 1.82) is 0 Å². The predicted octanol–water partition coefficient (Wildman–Crippen LogP) is 3.07. The van der Waals surface area contributed by atoms with Crippen LogP contribution in [-0.4, -0.2) is 12.4 Å². The van der Waals surface area contributed by atoms with Crippen molar-refractivity contribution in [3.8, 4) is 5.75 Å². The van der Waals surface area contributed by atoms with E-state index in [1.165, 1.54) is 6.92 Å². The van der Waals surface area contributed by atoms with E-state index in [0.29, 0.717) is 10.8 Å². The van der Waals surface area contributed by atoms with Crippen LogP contribution in [0.25, 0.3) is 0 Å².